The molecule has 2 rings (SSSR count). The van der Waals surface area contributed by atoms with Crippen LogP contribution >= 0.6 is 0 Å². The number of methoxy groups -OCH3 is 1. The van der Waals surface area contributed by atoms with E-state index in [1.807, 2.05) is 0 Å². The smallest absolute Gasteiger partial charge is 0.363 e. The molecule has 0 saturated heterocycles. The number of hydrogen-bond acceptors (Lipinski definition) is 6. The molecular formula is C5H4N4O4. The summed E-state index contributed by atoms with van der Waals surface area (Å²) in [4.78, 5) is 17.0. The molecule has 68 valence electrons. The van der Waals surface area contributed by atoms with E-state index >= 15 is 0 Å². The topological polar surface area (TPSA) is 108 Å². The molecule has 0 aromatic carbocycles. The summed E-state index contributed by atoms with van der Waals surface area (Å²) in [6.45, 7) is 0. The van der Waals surface area contributed by atoms with Crippen molar-refractivity contribution >= 4 is 11.3 Å². The predicted octanol–water partition coefficient (Wildman–Crippen LogP) is -1.45. The second-order valence-electron chi connectivity index (χ2n) is 2.18. The molecule has 0 saturated carbocycles. The van der Waals surface area contributed by atoms with Gasteiger partial charge in [-0.15, -0.1) is 0 Å². The Labute approximate surface area is 70.3 Å². The molecule has 8 heteroatoms. The first-order valence-corrected chi connectivity index (χ1v) is 3.26. The van der Waals surface area contributed by atoms with Crippen LogP contribution in [0, 0.1) is 5.21 Å². The molecule has 2 aromatic heterocycles. The SMILES string of the molecule is COc1nc2c(no[n+]2[O-])[nH]c1=O. The van der Waals surface area contributed by atoms with Gasteiger partial charge in [-0.25, -0.2) is 0 Å². The van der Waals surface area contributed by atoms with Crippen molar-refractivity contribution in [3.8, 4) is 5.88 Å². The highest BCUT2D eigenvalue weighted by Gasteiger charge is 2.16. The van der Waals surface area contributed by atoms with Crippen LogP contribution in [0.15, 0.2) is 9.42 Å². The monoisotopic (exact) mass is 184 g/mol. The van der Waals surface area contributed by atoms with Gasteiger partial charge in [-0.1, -0.05) is 9.89 Å². The molecule has 0 aliphatic heterocycles. The quantitative estimate of drug-likeness (QED) is 0.543. The number of nitrogens with one attached hydrogen (secondary N) is 1. The third kappa shape index (κ3) is 0.991. The van der Waals surface area contributed by atoms with E-state index in [0.717, 1.165) is 0 Å². The Morgan fingerprint density at radius 1 is 1.69 bits per heavy atom. The van der Waals surface area contributed by atoms with E-state index in [1.54, 1.807) is 0 Å². The van der Waals surface area contributed by atoms with Gasteiger partial charge in [0.2, 0.25) is 0 Å². The van der Waals surface area contributed by atoms with E-state index in [0.29, 0.717) is 0 Å². The van der Waals surface area contributed by atoms with Crippen LogP contribution < -0.4 is 15.2 Å². The predicted molar refractivity (Wildman–Crippen MR) is 37.9 cm³/mol. The molecule has 0 radical (unpaired) electrons. The molecule has 0 aliphatic carbocycles. The maximum Gasteiger partial charge on any atom is 0.363 e. The molecule has 0 unspecified atom stereocenters. The lowest BCUT2D eigenvalue weighted by atomic mass is 10.6. The van der Waals surface area contributed by atoms with Crippen LogP contribution in [0.3, 0.4) is 0 Å². The van der Waals surface area contributed by atoms with Crippen molar-refractivity contribution < 1.29 is 14.3 Å². The molecule has 0 atom stereocenters. The highest BCUT2D eigenvalue weighted by Crippen LogP contribution is 2.01. The highest BCUT2D eigenvalue weighted by molar-refractivity contribution is 5.59. The number of rotatable bonds is 1. The Hall–Kier alpha value is -2.12. The molecular weight excluding hydrogens is 180 g/mol. The number of fused-ring (bicyclic) bond motifs is 1. The van der Waals surface area contributed by atoms with Gasteiger partial charge in [-0.3, -0.25) is 9.78 Å². The summed E-state index contributed by atoms with van der Waals surface area (Å²) in [5.41, 5.74) is -0.707. The van der Waals surface area contributed by atoms with Crippen LogP contribution in [-0.2, 0) is 0 Å². The van der Waals surface area contributed by atoms with Crippen LogP contribution in [0.2, 0.25) is 0 Å². The highest BCUT2D eigenvalue weighted by atomic mass is 16.8. The second kappa shape index (κ2) is 2.44. The van der Waals surface area contributed by atoms with Gasteiger partial charge in [0.25, 0.3) is 0 Å². The first-order valence-electron chi connectivity index (χ1n) is 3.26. The van der Waals surface area contributed by atoms with Crippen molar-refractivity contribution in [3.63, 3.8) is 0 Å². The van der Waals surface area contributed by atoms with E-state index in [1.165, 1.54) is 7.11 Å². The number of aromatic nitrogens is 4. The summed E-state index contributed by atoms with van der Waals surface area (Å²) < 4.78 is 8.79. The molecule has 0 aliphatic rings. The third-order valence-electron chi connectivity index (χ3n) is 1.42. The van der Waals surface area contributed by atoms with E-state index in [2.05, 4.69) is 24.5 Å². The van der Waals surface area contributed by atoms with Gasteiger partial charge >= 0.3 is 22.7 Å². The minimum Gasteiger partial charge on any atom is -0.465 e. The largest absolute Gasteiger partial charge is 0.465 e. The van der Waals surface area contributed by atoms with Crippen molar-refractivity contribution in [2.45, 2.75) is 0 Å². The second-order valence-corrected chi connectivity index (χ2v) is 2.18. The molecule has 2 heterocycles. The fourth-order valence-corrected chi connectivity index (χ4v) is 0.863. The zero-order valence-electron chi connectivity index (χ0n) is 6.47. The lowest BCUT2D eigenvalue weighted by Crippen LogP contribution is -2.25. The Kier molecular flexibility index (Phi) is 1.41. The average Bonchev–Trinajstić information content (AvgIpc) is 2.46. The summed E-state index contributed by atoms with van der Waals surface area (Å²) in [6.07, 6.45) is 0. The van der Waals surface area contributed by atoms with Crippen LogP contribution in [0.5, 0.6) is 5.88 Å². The van der Waals surface area contributed by atoms with Crippen molar-refractivity contribution in [1.29, 1.82) is 0 Å². The van der Waals surface area contributed by atoms with Gasteiger partial charge in [0.05, 0.1) is 7.11 Å². The number of aromatic amines is 1. The minimum atomic E-state index is -0.566. The number of H-pyrrole nitrogens is 1. The lowest BCUT2D eigenvalue weighted by molar-refractivity contribution is -0.783. The fraction of sp³-hybridized carbons (Fsp3) is 0.200. The van der Waals surface area contributed by atoms with E-state index in [-0.39, 0.29) is 22.1 Å². The normalized spacial score (nSPS) is 10.5. The van der Waals surface area contributed by atoms with Gasteiger partial charge in [0, 0.05) is 0 Å². The molecule has 0 amide bonds. The summed E-state index contributed by atoms with van der Waals surface area (Å²) in [7, 11) is 1.27. The van der Waals surface area contributed by atoms with Gasteiger partial charge < -0.3 is 14.6 Å². The maximum absolute atomic E-state index is 11.0. The number of ether oxygens (including phenoxy) is 1. The van der Waals surface area contributed by atoms with Gasteiger partial charge in [-0.2, -0.15) is 0 Å². The van der Waals surface area contributed by atoms with Crippen molar-refractivity contribution in [2.24, 2.45) is 0 Å². The van der Waals surface area contributed by atoms with Crippen molar-refractivity contribution in [1.82, 2.24) is 15.1 Å². The first kappa shape index (κ1) is 7.53. The van der Waals surface area contributed by atoms with E-state index in [4.69, 9.17) is 0 Å². The summed E-state index contributed by atoms with van der Waals surface area (Å²) >= 11 is 0. The molecule has 0 fully saturated rings. The zero-order valence-corrected chi connectivity index (χ0v) is 6.47. The number of hydrogen-bond donors (Lipinski definition) is 1. The standard InChI is InChI=1S/C5H4N4O4/c1-12-5-4(10)6-2-3(7-5)9(11)13-8-2/h1H3,(H,6,8,10). The lowest BCUT2D eigenvalue weighted by Gasteiger charge is -1.90. The molecule has 0 bridgehead atoms. The number of nitrogens with zero attached hydrogens (tertiary/aromatic N) is 3. The van der Waals surface area contributed by atoms with Gasteiger partial charge in [-0.05, 0) is 5.16 Å². The van der Waals surface area contributed by atoms with Gasteiger partial charge in [0.1, 0.15) is 0 Å². The Morgan fingerprint density at radius 3 is 3.15 bits per heavy atom. The minimum absolute atomic E-state index is 0.0131. The molecule has 8 nitrogen and oxygen atoms in total. The van der Waals surface area contributed by atoms with Crippen LogP contribution in [0.4, 0.5) is 0 Å². The van der Waals surface area contributed by atoms with Crippen molar-refractivity contribution in [2.75, 3.05) is 7.11 Å². The Bertz CT molecular complexity index is 501. The zero-order chi connectivity index (χ0) is 9.42. The molecule has 13 heavy (non-hydrogen) atoms. The maximum atomic E-state index is 11.0. The molecule has 1 N–H and O–H groups in total. The van der Waals surface area contributed by atoms with E-state index < -0.39 is 5.56 Å². The third-order valence-corrected chi connectivity index (χ3v) is 1.42. The molecule has 0 spiro atoms. The summed E-state index contributed by atoms with van der Waals surface area (Å²) in [6, 6.07) is 0. The Morgan fingerprint density at radius 2 is 2.46 bits per heavy atom. The Balaban J connectivity index is 2.85. The fourth-order valence-electron chi connectivity index (χ4n) is 0.863. The van der Waals surface area contributed by atoms with E-state index in [9.17, 15) is 10.0 Å². The average molecular weight is 184 g/mol. The summed E-state index contributed by atoms with van der Waals surface area (Å²) in [5, 5.41) is 14.1. The first-order chi connectivity index (χ1) is 6.22. The van der Waals surface area contributed by atoms with Crippen LogP contribution in [0.25, 0.3) is 11.3 Å². The van der Waals surface area contributed by atoms with Crippen LogP contribution in [0.1, 0.15) is 0 Å². The van der Waals surface area contributed by atoms with Crippen LogP contribution in [-0.4, -0.2) is 22.2 Å². The van der Waals surface area contributed by atoms with Gasteiger partial charge in [0.15, 0.2) is 0 Å². The molecule has 2 aromatic rings. The van der Waals surface area contributed by atoms with Crippen molar-refractivity contribution in [3.05, 3.63) is 15.6 Å². The summed E-state index contributed by atoms with van der Waals surface area (Å²) in [5.74, 6) is -0.208.